The second kappa shape index (κ2) is 7.30. The van der Waals surface area contributed by atoms with E-state index in [-0.39, 0.29) is 0 Å². The van der Waals surface area contributed by atoms with Crippen LogP contribution in [-0.4, -0.2) is 0 Å². The van der Waals surface area contributed by atoms with E-state index in [2.05, 4.69) is 20.8 Å². The maximum Gasteiger partial charge on any atom is -0.0411 e. The lowest BCUT2D eigenvalue weighted by Crippen LogP contribution is -2.16. The lowest BCUT2D eigenvalue weighted by atomic mass is 9.77. The van der Waals surface area contributed by atoms with Crippen molar-refractivity contribution in [3.05, 3.63) is 0 Å². The van der Waals surface area contributed by atoms with Crippen LogP contribution in [0.1, 0.15) is 78.6 Å². The number of hydrogen-bond donors (Lipinski definition) is 0. The molecule has 0 nitrogen and oxygen atoms in total. The van der Waals surface area contributed by atoms with Crippen LogP contribution in [0.5, 0.6) is 0 Å². The van der Waals surface area contributed by atoms with E-state index in [0.717, 1.165) is 17.8 Å². The molecule has 0 atom stereocenters. The average Bonchev–Trinajstić information content (AvgIpc) is 2.22. The summed E-state index contributed by atoms with van der Waals surface area (Å²) in [6.45, 7) is 7.10. The van der Waals surface area contributed by atoms with E-state index in [4.69, 9.17) is 0 Å². The van der Waals surface area contributed by atoms with E-state index >= 15 is 0 Å². The van der Waals surface area contributed by atoms with Gasteiger partial charge in [-0.2, -0.15) is 0 Å². The van der Waals surface area contributed by atoms with E-state index in [1.807, 2.05) is 0 Å². The highest BCUT2D eigenvalue weighted by molar-refractivity contribution is 4.73. The quantitative estimate of drug-likeness (QED) is 0.549. The summed E-state index contributed by atoms with van der Waals surface area (Å²) in [4.78, 5) is 0. The first-order valence-electron chi connectivity index (χ1n) is 7.26. The summed E-state index contributed by atoms with van der Waals surface area (Å²) in [5, 5.41) is 0. The summed E-state index contributed by atoms with van der Waals surface area (Å²) < 4.78 is 0. The number of rotatable bonds is 6. The molecule has 0 spiro atoms. The van der Waals surface area contributed by atoms with Gasteiger partial charge in [0.1, 0.15) is 0 Å². The predicted molar refractivity (Wildman–Crippen MR) is 69.0 cm³/mol. The van der Waals surface area contributed by atoms with Crippen molar-refractivity contribution in [2.24, 2.45) is 17.8 Å². The van der Waals surface area contributed by atoms with Gasteiger partial charge >= 0.3 is 0 Å². The van der Waals surface area contributed by atoms with Crippen LogP contribution in [0.4, 0.5) is 0 Å². The molecule has 15 heavy (non-hydrogen) atoms. The van der Waals surface area contributed by atoms with E-state index in [1.54, 1.807) is 0 Å². The molecule has 0 aromatic heterocycles. The third kappa shape index (κ3) is 5.04. The van der Waals surface area contributed by atoms with Crippen molar-refractivity contribution >= 4 is 0 Å². The highest BCUT2D eigenvalue weighted by atomic mass is 14.3. The second-order valence-electron chi connectivity index (χ2n) is 5.80. The third-order valence-electron chi connectivity index (χ3n) is 4.20. The van der Waals surface area contributed by atoms with E-state index < -0.39 is 0 Å². The largest absolute Gasteiger partial charge is 0.0654 e. The van der Waals surface area contributed by atoms with Crippen molar-refractivity contribution in [1.29, 1.82) is 0 Å². The molecule has 0 N–H and O–H groups in total. The molecule has 0 aromatic rings. The minimum Gasteiger partial charge on any atom is -0.0654 e. The Labute approximate surface area is 96.8 Å². The summed E-state index contributed by atoms with van der Waals surface area (Å²) in [5.41, 5.74) is 0. The maximum absolute atomic E-state index is 2.42. The molecule has 1 saturated carbocycles. The molecule has 1 aliphatic carbocycles. The lowest BCUT2D eigenvalue weighted by molar-refractivity contribution is 0.233. The minimum atomic E-state index is 1.01. The minimum absolute atomic E-state index is 1.01. The molecule has 0 heterocycles. The first kappa shape index (κ1) is 13.1. The first-order valence-corrected chi connectivity index (χ1v) is 7.26. The average molecular weight is 210 g/mol. The van der Waals surface area contributed by atoms with Gasteiger partial charge in [-0.15, -0.1) is 0 Å². The van der Waals surface area contributed by atoms with E-state index in [9.17, 15) is 0 Å². The zero-order chi connectivity index (χ0) is 11.1. The summed E-state index contributed by atoms with van der Waals surface area (Å²) in [5.74, 6) is 3.12. The van der Waals surface area contributed by atoms with Crippen LogP contribution in [0.25, 0.3) is 0 Å². The molecular weight excluding hydrogens is 180 g/mol. The zero-order valence-corrected chi connectivity index (χ0v) is 11.1. The molecule has 0 heteroatoms. The van der Waals surface area contributed by atoms with E-state index in [0.29, 0.717) is 0 Å². The fourth-order valence-electron chi connectivity index (χ4n) is 3.23. The van der Waals surface area contributed by atoms with Crippen LogP contribution in [0.3, 0.4) is 0 Å². The van der Waals surface area contributed by atoms with Crippen molar-refractivity contribution in [1.82, 2.24) is 0 Å². The van der Waals surface area contributed by atoms with Crippen molar-refractivity contribution < 1.29 is 0 Å². The Morgan fingerprint density at radius 2 is 1.47 bits per heavy atom. The Kier molecular flexibility index (Phi) is 6.36. The van der Waals surface area contributed by atoms with Gasteiger partial charge in [0.2, 0.25) is 0 Å². The fourth-order valence-corrected chi connectivity index (χ4v) is 3.23. The lowest BCUT2D eigenvalue weighted by Gasteiger charge is -2.29. The highest BCUT2D eigenvalue weighted by Gasteiger charge is 2.20. The van der Waals surface area contributed by atoms with Gasteiger partial charge in [-0.3, -0.25) is 0 Å². The van der Waals surface area contributed by atoms with Gasteiger partial charge in [-0.25, -0.2) is 0 Å². The van der Waals surface area contributed by atoms with Gasteiger partial charge < -0.3 is 0 Å². The second-order valence-corrected chi connectivity index (χ2v) is 5.80. The van der Waals surface area contributed by atoms with Crippen molar-refractivity contribution in [2.45, 2.75) is 78.6 Å². The van der Waals surface area contributed by atoms with Crippen LogP contribution in [-0.2, 0) is 0 Å². The Morgan fingerprint density at radius 1 is 0.933 bits per heavy atom. The summed E-state index contributed by atoms with van der Waals surface area (Å²) in [7, 11) is 0. The number of hydrogen-bond acceptors (Lipinski definition) is 0. The fraction of sp³-hybridized carbons (Fsp3) is 1.00. The van der Waals surface area contributed by atoms with Crippen LogP contribution in [0.2, 0.25) is 0 Å². The Hall–Kier alpha value is 0. The highest BCUT2D eigenvalue weighted by Crippen LogP contribution is 2.34. The maximum atomic E-state index is 2.42. The molecule has 0 aliphatic heterocycles. The van der Waals surface area contributed by atoms with Crippen molar-refractivity contribution in [3.8, 4) is 0 Å². The van der Waals surface area contributed by atoms with E-state index in [1.165, 1.54) is 57.8 Å². The topological polar surface area (TPSA) is 0 Å². The van der Waals surface area contributed by atoms with Crippen molar-refractivity contribution in [2.75, 3.05) is 0 Å². The molecular formula is C15H30. The third-order valence-corrected chi connectivity index (χ3v) is 4.20. The molecule has 1 fully saturated rings. The molecule has 0 bridgehead atoms. The molecule has 1 aliphatic rings. The first-order chi connectivity index (χ1) is 7.26. The van der Waals surface area contributed by atoms with Crippen LogP contribution < -0.4 is 0 Å². The summed E-state index contributed by atoms with van der Waals surface area (Å²) in [6.07, 6.45) is 13.3. The normalized spacial score (nSPS) is 27.2. The summed E-state index contributed by atoms with van der Waals surface area (Å²) >= 11 is 0. The van der Waals surface area contributed by atoms with Crippen LogP contribution in [0, 0.1) is 17.8 Å². The molecule has 0 amide bonds. The van der Waals surface area contributed by atoms with Gasteiger partial charge in [0, 0.05) is 0 Å². The summed E-state index contributed by atoms with van der Waals surface area (Å²) in [6, 6.07) is 0. The van der Waals surface area contributed by atoms with Crippen molar-refractivity contribution in [3.63, 3.8) is 0 Å². The Bertz CT molecular complexity index is 136. The van der Waals surface area contributed by atoms with Gasteiger partial charge in [0.05, 0.1) is 0 Å². The SMILES string of the molecule is CCCC(CCC)CC1CCC(C)CC1. The monoisotopic (exact) mass is 210 g/mol. The standard InChI is InChI=1S/C15H30/c1-4-6-14(7-5-2)12-15-10-8-13(3)9-11-15/h13-15H,4-12H2,1-3H3. The van der Waals surface area contributed by atoms with Gasteiger partial charge in [-0.1, -0.05) is 72.1 Å². The molecule has 0 saturated heterocycles. The van der Waals surface area contributed by atoms with Gasteiger partial charge in [-0.05, 0) is 24.2 Å². The van der Waals surface area contributed by atoms with Gasteiger partial charge in [0.25, 0.3) is 0 Å². The Balaban J connectivity index is 2.24. The zero-order valence-electron chi connectivity index (χ0n) is 11.1. The van der Waals surface area contributed by atoms with Crippen LogP contribution >= 0.6 is 0 Å². The van der Waals surface area contributed by atoms with Crippen LogP contribution in [0.15, 0.2) is 0 Å². The Morgan fingerprint density at radius 3 is 1.93 bits per heavy atom. The molecule has 1 rings (SSSR count). The molecule has 0 unspecified atom stereocenters. The van der Waals surface area contributed by atoms with Gasteiger partial charge in [0.15, 0.2) is 0 Å². The smallest absolute Gasteiger partial charge is 0.0411 e. The molecule has 0 radical (unpaired) electrons. The molecule has 90 valence electrons. The predicted octanol–water partition coefficient (Wildman–Crippen LogP) is 5.42. The molecule has 0 aromatic carbocycles.